The van der Waals surface area contributed by atoms with E-state index in [1.807, 2.05) is 32.0 Å². The van der Waals surface area contributed by atoms with Crippen LogP contribution in [-0.2, 0) is 6.54 Å². The molecule has 0 radical (unpaired) electrons. The quantitative estimate of drug-likeness (QED) is 0.0969. The van der Waals surface area contributed by atoms with Crippen molar-refractivity contribution >= 4 is 46.7 Å². The molecule has 3 N–H and O–H groups in total. The molecule has 1 aliphatic carbocycles. The van der Waals surface area contributed by atoms with Gasteiger partial charge in [0.15, 0.2) is 0 Å². The zero-order valence-corrected chi connectivity index (χ0v) is 29.2. The molecule has 1 atom stereocenters. The molecule has 3 aromatic heterocycles. The number of rotatable bonds is 14. The molecule has 1 aliphatic rings. The van der Waals surface area contributed by atoms with Crippen molar-refractivity contribution in [2.24, 2.45) is 5.41 Å². The fraction of sp³-hybridized carbons (Fsp3) is 0.361. The van der Waals surface area contributed by atoms with Crippen molar-refractivity contribution < 1.29 is 19.1 Å². The Hall–Kier alpha value is -4.19. The monoisotopic (exact) mass is 686 g/mol. The number of fused-ring (bicyclic) bond motifs is 1. The summed E-state index contributed by atoms with van der Waals surface area (Å²) >= 11 is 7.83. The minimum absolute atomic E-state index is 0.0178. The lowest BCUT2D eigenvalue weighted by Gasteiger charge is -2.22. The second-order valence-electron chi connectivity index (χ2n) is 13.1. The average Bonchev–Trinajstić information content (AvgIpc) is 3.70. The zero-order valence-electron chi connectivity index (χ0n) is 27.6. The van der Waals surface area contributed by atoms with Gasteiger partial charge in [-0.25, -0.2) is 19.7 Å². The molecule has 1 fully saturated rings. The summed E-state index contributed by atoms with van der Waals surface area (Å²) in [4.78, 5) is 31.0. The number of nitrogens with zero attached hydrogens (tertiary/aromatic N) is 4. The molecule has 3 heterocycles. The number of carboxylic acids is 1. The van der Waals surface area contributed by atoms with Crippen molar-refractivity contribution in [2.75, 3.05) is 11.3 Å². The predicted molar refractivity (Wildman–Crippen MR) is 189 cm³/mol. The number of benzene rings is 2. The van der Waals surface area contributed by atoms with E-state index in [-0.39, 0.29) is 22.9 Å². The molecule has 0 amide bonds. The number of aromatic carboxylic acids is 1. The predicted octanol–water partition coefficient (Wildman–Crippen LogP) is 8.62. The number of anilines is 1. The van der Waals surface area contributed by atoms with Gasteiger partial charge in [-0.15, -0.1) is 0 Å². The maximum absolute atomic E-state index is 11.5. The smallest absolute Gasteiger partial charge is 0.335 e. The maximum Gasteiger partial charge on any atom is 0.335 e. The molecular formula is C36H39ClN6O4S. The summed E-state index contributed by atoms with van der Waals surface area (Å²) in [5, 5.41) is 13.6. The van der Waals surface area contributed by atoms with Crippen LogP contribution < -0.4 is 14.8 Å². The first kappa shape index (κ1) is 33.7. The summed E-state index contributed by atoms with van der Waals surface area (Å²) in [6, 6.07) is 14.7. The van der Waals surface area contributed by atoms with Crippen molar-refractivity contribution in [1.82, 2.24) is 25.3 Å². The molecule has 48 heavy (non-hydrogen) atoms. The summed E-state index contributed by atoms with van der Waals surface area (Å²) in [6.45, 7) is 11.3. The molecule has 6 rings (SSSR count). The van der Waals surface area contributed by atoms with Gasteiger partial charge >= 0.3 is 5.97 Å². The summed E-state index contributed by atoms with van der Waals surface area (Å²) in [7, 11) is 0. The van der Waals surface area contributed by atoms with Gasteiger partial charge in [-0.1, -0.05) is 56.6 Å². The normalized spacial score (nSPS) is 14.3. The van der Waals surface area contributed by atoms with Gasteiger partial charge in [0.1, 0.15) is 22.9 Å². The third-order valence-corrected chi connectivity index (χ3v) is 9.71. The number of carbonyl (C=O) groups is 1. The molecule has 0 saturated heterocycles. The second-order valence-corrected chi connectivity index (χ2v) is 14.3. The van der Waals surface area contributed by atoms with E-state index in [0.29, 0.717) is 47.0 Å². The van der Waals surface area contributed by atoms with Crippen molar-refractivity contribution in [3.05, 3.63) is 87.9 Å². The number of aryl methyl sites for hydroxylation is 2. The zero-order chi connectivity index (χ0) is 34.0. The molecule has 2 aromatic carbocycles. The highest BCUT2D eigenvalue weighted by Gasteiger charge is 2.39. The third kappa shape index (κ3) is 7.91. The van der Waals surface area contributed by atoms with Crippen LogP contribution in [0, 0.1) is 19.3 Å². The Morgan fingerprint density at radius 2 is 1.85 bits per heavy atom. The molecular weight excluding hydrogens is 648 g/mol. The minimum atomic E-state index is -0.984. The van der Waals surface area contributed by atoms with E-state index >= 15 is 0 Å². The number of furan rings is 1. The topological polar surface area (TPSA) is 135 Å². The van der Waals surface area contributed by atoms with E-state index in [1.165, 1.54) is 24.8 Å². The molecule has 12 heteroatoms. The minimum Gasteiger partial charge on any atom is -0.478 e. The first-order valence-corrected chi connectivity index (χ1v) is 17.2. The van der Waals surface area contributed by atoms with Crippen LogP contribution in [0.2, 0.25) is 5.02 Å². The molecule has 5 aromatic rings. The molecule has 0 aliphatic heterocycles. The fourth-order valence-corrected chi connectivity index (χ4v) is 6.69. The van der Waals surface area contributed by atoms with Crippen molar-refractivity contribution in [3.63, 3.8) is 0 Å². The van der Waals surface area contributed by atoms with Crippen LogP contribution >= 0.6 is 23.5 Å². The highest BCUT2D eigenvalue weighted by molar-refractivity contribution is 8.00. The maximum atomic E-state index is 11.5. The highest BCUT2D eigenvalue weighted by atomic mass is 35.5. The molecule has 1 saturated carbocycles. The van der Waals surface area contributed by atoms with Crippen LogP contribution in [0.3, 0.4) is 0 Å². The van der Waals surface area contributed by atoms with E-state index in [1.54, 1.807) is 24.4 Å². The summed E-state index contributed by atoms with van der Waals surface area (Å²) in [5.41, 5.74) is 6.18. The summed E-state index contributed by atoms with van der Waals surface area (Å²) in [5.74, 6) is 0.630. The van der Waals surface area contributed by atoms with E-state index in [9.17, 15) is 9.90 Å². The average molecular weight is 687 g/mol. The van der Waals surface area contributed by atoms with Gasteiger partial charge in [0, 0.05) is 35.0 Å². The van der Waals surface area contributed by atoms with Crippen molar-refractivity contribution in [3.8, 4) is 17.1 Å². The number of carboxylic acid groups (broad SMARTS) is 1. The number of ether oxygens (including phenoxy) is 1. The Bertz CT molecular complexity index is 1940. The van der Waals surface area contributed by atoms with Crippen LogP contribution in [0.15, 0.2) is 64.0 Å². The largest absolute Gasteiger partial charge is 0.478 e. The second kappa shape index (κ2) is 14.1. The number of hydrogen-bond acceptors (Lipinski definition) is 10. The molecule has 0 bridgehead atoms. The van der Waals surface area contributed by atoms with E-state index in [4.69, 9.17) is 35.7 Å². The number of aromatic nitrogens is 4. The van der Waals surface area contributed by atoms with E-state index in [2.05, 4.69) is 47.9 Å². The molecule has 1 unspecified atom stereocenters. The van der Waals surface area contributed by atoms with Gasteiger partial charge in [0.2, 0.25) is 17.5 Å². The van der Waals surface area contributed by atoms with Crippen LogP contribution in [-0.4, -0.2) is 43.7 Å². The number of hydrogen-bond donors (Lipinski definition) is 3. The van der Waals surface area contributed by atoms with Crippen LogP contribution in [0.25, 0.3) is 22.5 Å². The lowest BCUT2D eigenvalue weighted by atomic mass is 9.99. The van der Waals surface area contributed by atoms with Crippen LogP contribution in [0.4, 0.5) is 5.95 Å². The SMILES string of the molecule is Cc1cccc(C)c1-c1cc(OCC(CC2(C)CC2)NCc2cnc3oc(C(C)C)c(Cl)c3n2)nc(NSc2cccc(C(=O)O)c2)n1. The van der Waals surface area contributed by atoms with Gasteiger partial charge in [-0.2, -0.15) is 4.98 Å². The Kier molecular flexibility index (Phi) is 9.91. The molecule has 250 valence electrons. The lowest BCUT2D eigenvalue weighted by molar-refractivity contribution is 0.0696. The third-order valence-electron chi connectivity index (χ3n) is 8.57. The fourth-order valence-electron chi connectivity index (χ4n) is 5.68. The Balaban J connectivity index is 1.22. The Labute approximate surface area is 289 Å². The first-order chi connectivity index (χ1) is 23.0. The van der Waals surface area contributed by atoms with Gasteiger partial charge in [-0.05, 0) is 79.8 Å². The number of halogens is 1. The van der Waals surface area contributed by atoms with Crippen molar-refractivity contribution in [2.45, 2.75) is 77.3 Å². The van der Waals surface area contributed by atoms with E-state index < -0.39 is 5.97 Å². The molecule has 10 nitrogen and oxygen atoms in total. The standard InChI is InChI=1S/C36H39ClN6O4S/c1-20(2)32-30(37)31-33(47-32)39-18-25(40-31)17-38-24(16-36(5)12-13-36)19-46-28-15-27(29-21(3)8-6-9-22(29)4)41-35(42-28)43-48-26-11-7-10-23(14-26)34(44)45/h6-11,14-15,18,20,24,38H,12-13,16-17,19H2,1-5H3,(H,44,45)(H,41,42,43). The van der Waals surface area contributed by atoms with E-state index in [0.717, 1.165) is 39.4 Å². The van der Waals surface area contributed by atoms with Gasteiger partial charge in [0.25, 0.3) is 0 Å². The van der Waals surface area contributed by atoms with Gasteiger partial charge in [-0.3, -0.25) is 4.72 Å². The van der Waals surface area contributed by atoms with Gasteiger partial charge < -0.3 is 19.6 Å². The first-order valence-electron chi connectivity index (χ1n) is 16.0. The number of nitrogens with one attached hydrogen (secondary N) is 2. The van der Waals surface area contributed by atoms with Crippen LogP contribution in [0.1, 0.15) is 78.9 Å². The Morgan fingerprint density at radius 3 is 2.56 bits per heavy atom. The van der Waals surface area contributed by atoms with Gasteiger partial charge in [0.05, 0.1) is 23.1 Å². The molecule has 0 spiro atoms. The summed E-state index contributed by atoms with van der Waals surface area (Å²) in [6.07, 6.45) is 5.01. The summed E-state index contributed by atoms with van der Waals surface area (Å²) < 4.78 is 15.5. The highest BCUT2D eigenvalue weighted by Crippen LogP contribution is 2.49. The van der Waals surface area contributed by atoms with Crippen molar-refractivity contribution in [1.29, 1.82) is 0 Å². The van der Waals surface area contributed by atoms with Crippen LogP contribution in [0.5, 0.6) is 5.88 Å². The Morgan fingerprint density at radius 1 is 1.10 bits per heavy atom. The lowest BCUT2D eigenvalue weighted by Crippen LogP contribution is -2.36.